The minimum absolute atomic E-state index is 0.271. The van der Waals surface area contributed by atoms with Gasteiger partial charge >= 0.3 is 5.97 Å². The van der Waals surface area contributed by atoms with Gasteiger partial charge in [-0.3, -0.25) is 4.79 Å². The van der Waals surface area contributed by atoms with E-state index in [4.69, 9.17) is 4.74 Å². The number of ether oxygens (including phenoxy) is 1. The summed E-state index contributed by atoms with van der Waals surface area (Å²) >= 11 is 0. The van der Waals surface area contributed by atoms with Gasteiger partial charge in [-0.05, 0) is 29.7 Å². The van der Waals surface area contributed by atoms with Crippen LogP contribution in [0.4, 0.5) is 0 Å². The lowest BCUT2D eigenvalue weighted by Crippen LogP contribution is -2.35. The lowest BCUT2D eigenvalue weighted by Gasteiger charge is -2.26. The molecule has 1 N–H and O–H groups in total. The maximum absolute atomic E-state index is 11.5. The normalized spacial score (nSPS) is 11.7. The Morgan fingerprint density at radius 3 is 2.58 bits per heavy atom. The molecule has 0 spiro atoms. The molecule has 1 aromatic rings. The molecule has 0 aliphatic rings. The summed E-state index contributed by atoms with van der Waals surface area (Å²) in [5, 5.41) is 20.8. The van der Waals surface area contributed by atoms with Crippen molar-refractivity contribution in [2.45, 2.75) is 53.2 Å². The van der Waals surface area contributed by atoms with Gasteiger partial charge in [0.15, 0.2) is 5.82 Å². The van der Waals surface area contributed by atoms with Gasteiger partial charge in [0, 0.05) is 6.61 Å². The second-order valence-electron chi connectivity index (χ2n) is 4.60. The average Bonchev–Trinajstić information content (AvgIpc) is 2.83. The lowest BCUT2D eigenvalue weighted by molar-refractivity contribution is -0.150. The number of tetrazole rings is 1. The Kier molecular flexibility index (Phi) is 5.88. The molecule has 19 heavy (non-hydrogen) atoms. The van der Waals surface area contributed by atoms with Crippen LogP contribution >= 0.6 is 0 Å². The summed E-state index contributed by atoms with van der Waals surface area (Å²) < 4.78 is 6.94. The first-order valence-electron chi connectivity index (χ1n) is 6.65. The highest BCUT2D eigenvalue weighted by Crippen LogP contribution is 2.29. The van der Waals surface area contributed by atoms with Crippen LogP contribution in [0.25, 0.3) is 0 Å². The van der Waals surface area contributed by atoms with E-state index < -0.39 is 11.4 Å². The molecule has 7 nitrogen and oxygen atoms in total. The third-order valence-corrected chi connectivity index (χ3v) is 3.45. The highest BCUT2D eigenvalue weighted by molar-refractivity contribution is 5.74. The fraction of sp³-hybridized carbons (Fsp3) is 0.833. The van der Waals surface area contributed by atoms with E-state index in [9.17, 15) is 9.90 Å². The molecular weight excluding hydrogens is 248 g/mol. The Morgan fingerprint density at radius 1 is 1.37 bits per heavy atom. The summed E-state index contributed by atoms with van der Waals surface area (Å²) in [5.74, 6) is -0.241. The molecule has 0 fully saturated rings. The second kappa shape index (κ2) is 7.18. The van der Waals surface area contributed by atoms with Crippen LogP contribution in [0, 0.1) is 5.41 Å². The quantitative estimate of drug-likeness (QED) is 0.684. The molecule has 0 saturated carbocycles. The van der Waals surface area contributed by atoms with E-state index in [-0.39, 0.29) is 6.54 Å². The molecule has 0 aliphatic heterocycles. The smallest absolute Gasteiger partial charge is 0.311 e. The Balaban J connectivity index is 2.80. The van der Waals surface area contributed by atoms with Crippen molar-refractivity contribution in [3.05, 3.63) is 5.82 Å². The van der Waals surface area contributed by atoms with Crippen molar-refractivity contribution in [3.8, 4) is 0 Å². The molecule has 0 unspecified atom stereocenters. The van der Waals surface area contributed by atoms with Crippen molar-refractivity contribution in [3.63, 3.8) is 0 Å². The Hall–Kier alpha value is -1.50. The topological polar surface area (TPSA) is 90.1 Å². The predicted octanol–water partition coefficient (Wildman–Crippen LogP) is 1.49. The van der Waals surface area contributed by atoms with Gasteiger partial charge in [0.1, 0.15) is 6.61 Å². The molecule has 0 radical (unpaired) electrons. The minimum atomic E-state index is -0.825. The number of nitrogens with zero attached hydrogens (tertiary/aromatic N) is 4. The summed E-state index contributed by atoms with van der Waals surface area (Å²) in [6, 6.07) is 0. The largest absolute Gasteiger partial charge is 0.481 e. The zero-order chi connectivity index (χ0) is 14.3. The number of hydrogen-bond donors (Lipinski definition) is 1. The van der Waals surface area contributed by atoms with Crippen LogP contribution in [-0.4, -0.2) is 37.9 Å². The van der Waals surface area contributed by atoms with Gasteiger partial charge in [-0.25, -0.2) is 4.68 Å². The van der Waals surface area contributed by atoms with Gasteiger partial charge in [-0.2, -0.15) is 0 Å². The monoisotopic (exact) mass is 270 g/mol. The summed E-state index contributed by atoms with van der Waals surface area (Å²) in [4.78, 5) is 11.5. The van der Waals surface area contributed by atoms with Crippen molar-refractivity contribution < 1.29 is 14.6 Å². The van der Waals surface area contributed by atoms with Gasteiger partial charge in [0.25, 0.3) is 0 Å². The number of rotatable bonds is 9. The number of aliphatic carboxylic acids is 1. The lowest BCUT2D eigenvalue weighted by atomic mass is 9.82. The number of carboxylic acids is 1. The Bertz CT molecular complexity index is 401. The predicted molar refractivity (Wildman–Crippen MR) is 68.4 cm³/mol. The molecule has 0 atom stereocenters. The van der Waals surface area contributed by atoms with Gasteiger partial charge < -0.3 is 9.84 Å². The zero-order valence-electron chi connectivity index (χ0n) is 11.8. The van der Waals surface area contributed by atoms with Crippen LogP contribution < -0.4 is 0 Å². The van der Waals surface area contributed by atoms with Gasteiger partial charge in [-0.15, -0.1) is 5.10 Å². The first kappa shape index (κ1) is 15.6. The van der Waals surface area contributed by atoms with Gasteiger partial charge in [0.2, 0.25) is 0 Å². The molecule has 1 aromatic heterocycles. The molecule has 1 heterocycles. The van der Waals surface area contributed by atoms with Crippen molar-refractivity contribution in [2.75, 3.05) is 6.61 Å². The fourth-order valence-corrected chi connectivity index (χ4v) is 1.89. The van der Waals surface area contributed by atoms with E-state index in [1.807, 2.05) is 20.8 Å². The first-order chi connectivity index (χ1) is 9.09. The first-order valence-corrected chi connectivity index (χ1v) is 6.65. The fourth-order valence-electron chi connectivity index (χ4n) is 1.89. The van der Waals surface area contributed by atoms with E-state index in [1.165, 1.54) is 4.68 Å². The van der Waals surface area contributed by atoms with E-state index in [0.717, 1.165) is 6.42 Å². The van der Waals surface area contributed by atoms with Crippen LogP contribution in [0.5, 0.6) is 0 Å². The molecular formula is C12H22N4O3. The highest BCUT2D eigenvalue weighted by Gasteiger charge is 2.36. The molecule has 1 rings (SSSR count). The molecule has 0 bridgehead atoms. The van der Waals surface area contributed by atoms with Crippen LogP contribution in [0.1, 0.15) is 45.9 Å². The molecule has 0 aliphatic carbocycles. The van der Waals surface area contributed by atoms with Gasteiger partial charge in [0.05, 0.1) is 12.0 Å². The van der Waals surface area contributed by atoms with Crippen molar-refractivity contribution >= 4 is 5.97 Å². The summed E-state index contributed by atoms with van der Waals surface area (Å²) in [6.07, 6.45) is 1.99. The minimum Gasteiger partial charge on any atom is -0.481 e. The summed E-state index contributed by atoms with van der Waals surface area (Å²) in [7, 11) is 0. The Morgan fingerprint density at radius 2 is 2.05 bits per heavy atom. The molecule has 0 saturated heterocycles. The standard InChI is InChI=1S/C12H22N4O3/c1-4-7-19-8-10-13-14-15-16(10)9-12(5-2,6-3)11(17)18/h4-9H2,1-3H3,(H,17,18). The zero-order valence-corrected chi connectivity index (χ0v) is 11.8. The summed E-state index contributed by atoms with van der Waals surface area (Å²) in [5.41, 5.74) is -0.825. The number of carboxylic acid groups (broad SMARTS) is 1. The maximum Gasteiger partial charge on any atom is 0.311 e. The van der Waals surface area contributed by atoms with Crippen LogP contribution in [0.3, 0.4) is 0 Å². The van der Waals surface area contributed by atoms with E-state index in [0.29, 0.717) is 31.9 Å². The number of carbonyl (C=O) groups is 1. The number of aromatic nitrogens is 4. The van der Waals surface area contributed by atoms with Crippen molar-refractivity contribution in [2.24, 2.45) is 5.41 Å². The second-order valence-corrected chi connectivity index (χ2v) is 4.60. The molecule has 7 heteroatoms. The third-order valence-electron chi connectivity index (χ3n) is 3.45. The summed E-state index contributed by atoms with van der Waals surface area (Å²) in [6.45, 7) is 6.98. The van der Waals surface area contributed by atoms with Crippen LogP contribution in [0.15, 0.2) is 0 Å². The average molecular weight is 270 g/mol. The molecule has 0 aromatic carbocycles. The van der Waals surface area contributed by atoms with Crippen LogP contribution in [0.2, 0.25) is 0 Å². The van der Waals surface area contributed by atoms with Crippen molar-refractivity contribution in [1.82, 2.24) is 20.2 Å². The SMILES string of the molecule is CCCOCc1nnnn1CC(CC)(CC)C(=O)O. The van der Waals surface area contributed by atoms with E-state index in [2.05, 4.69) is 15.5 Å². The van der Waals surface area contributed by atoms with Gasteiger partial charge in [-0.1, -0.05) is 20.8 Å². The van der Waals surface area contributed by atoms with Crippen LogP contribution in [-0.2, 0) is 22.7 Å². The number of hydrogen-bond acceptors (Lipinski definition) is 5. The van der Waals surface area contributed by atoms with Crippen molar-refractivity contribution in [1.29, 1.82) is 0 Å². The third kappa shape index (κ3) is 3.73. The van der Waals surface area contributed by atoms with E-state index >= 15 is 0 Å². The van der Waals surface area contributed by atoms with E-state index in [1.54, 1.807) is 0 Å². The highest BCUT2D eigenvalue weighted by atomic mass is 16.5. The maximum atomic E-state index is 11.5. The Labute approximate surface area is 112 Å². The molecule has 108 valence electrons. The molecule has 0 amide bonds.